The van der Waals surface area contributed by atoms with Crippen LogP contribution in [0.15, 0.2) is 55.1 Å². The summed E-state index contributed by atoms with van der Waals surface area (Å²) in [5, 5.41) is 5.42. The summed E-state index contributed by atoms with van der Waals surface area (Å²) in [4.78, 5) is 15.0. The second-order valence-electron chi connectivity index (χ2n) is 7.10. The highest BCUT2D eigenvalue weighted by atomic mass is 16.1. The summed E-state index contributed by atoms with van der Waals surface area (Å²) in [6.45, 7) is 6.97. The van der Waals surface area contributed by atoms with E-state index in [2.05, 4.69) is 28.9 Å². The Morgan fingerprint density at radius 2 is 2.08 bits per heavy atom. The van der Waals surface area contributed by atoms with Crippen LogP contribution in [0.2, 0.25) is 0 Å². The van der Waals surface area contributed by atoms with E-state index >= 15 is 0 Å². The Morgan fingerprint density at radius 1 is 1.25 bits per heavy atom. The van der Waals surface area contributed by atoms with Crippen molar-refractivity contribution in [2.75, 3.05) is 19.6 Å². The van der Waals surface area contributed by atoms with Gasteiger partial charge >= 0.3 is 0 Å². The third-order valence-corrected chi connectivity index (χ3v) is 5.74. The number of amides is 1. The number of nitrogens with zero attached hydrogens (tertiary/aromatic N) is 1. The third kappa shape index (κ3) is 2.84. The molecular formula is C21H24N2O. The van der Waals surface area contributed by atoms with Gasteiger partial charge in [-0.2, -0.15) is 0 Å². The molecule has 3 heterocycles. The fourth-order valence-electron chi connectivity index (χ4n) is 4.30. The maximum Gasteiger partial charge on any atom is 0.251 e. The molecule has 3 saturated heterocycles. The summed E-state index contributed by atoms with van der Waals surface area (Å²) >= 11 is 0. The van der Waals surface area contributed by atoms with E-state index in [4.69, 9.17) is 0 Å². The van der Waals surface area contributed by atoms with Gasteiger partial charge in [-0.05, 0) is 54.1 Å². The Hall–Kier alpha value is -2.13. The summed E-state index contributed by atoms with van der Waals surface area (Å²) < 4.78 is 0. The quantitative estimate of drug-likeness (QED) is 0.875. The van der Waals surface area contributed by atoms with Crippen LogP contribution in [0.25, 0.3) is 10.8 Å². The van der Waals surface area contributed by atoms with Gasteiger partial charge in [0.15, 0.2) is 0 Å². The first kappa shape index (κ1) is 15.4. The van der Waals surface area contributed by atoms with Gasteiger partial charge in [0.25, 0.3) is 5.91 Å². The smallest absolute Gasteiger partial charge is 0.251 e. The number of nitrogens with one attached hydrogen (secondary N) is 1. The Labute approximate surface area is 143 Å². The number of piperidine rings is 3. The summed E-state index contributed by atoms with van der Waals surface area (Å²) in [5.74, 6) is 1.41. The Kier molecular flexibility index (Phi) is 4.11. The minimum Gasteiger partial charge on any atom is -0.350 e. The molecule has 2 aromatic carbocycles. The molecule has 5 rings (SSSR count). The van der Waals surface area contributed by atoms with Crippen molar-refractivity contribution in [3.8, 4) is 0 Å². The van der Waals surface area contributed by atoms with Crippen molar-refractivity contribution in [1.29, 1.82) is 0 Å². The molecule has 4 atom stereocenters. The predicted octanol–water partition coefficient (Wildman–Crippen LogP) is 3.47. The van der Waals surface area contributed by atoms with Crippen LogP contribution in [0.4, 0.5) is 0 Å². The molecule has 2 aromatic rings. The van der Waals surface area contributed by atoms with Gasteiger partial charge in [-0.1, -0.05) is 36.4 Å². The van der Waals surface area contributed by atoms with E-state index in [0.717, 1.165) is 36.5 Å². The van der Waals surface area contributed by atoms with Crippen molar-refractivity contribution in [3.63, 3.8) is 0 Å². The van der Waals surface area contributed by atoms with Crippen LogP contribution < -0.4 is 5.32 Å². The number of carbonyl (C=O) groups is 1. The SMILES string of the molecule is C=C[C@H]1CN2CC[C@H]1C[C@@H]2CNC(=O)c1ccc2ccccc2c1. The molecule has 0 aliphatic carbocycles. The molecule has 1 N–H and O–H groups in total. The van der Waals surface area contributed by atoms with Crippen molar-refractivity contribution >= 4 is 16.7 Å². The molecule has 3 aliphatic rings. The highest BCUT2D eigenvalue weighted by molar-refractivity contribution is 5.98. The lowest BCUT2D eigenvalue weighted by Crippen LogP contribution is -2.56. The number of fused-ring (bicyclic) bond motifs is 4. The predicted molar refractivity (Wildman–Crippen MR) is 98.1 cm³/mol. The van der Waals surface area contributed by atoms with Crippen molar-refractivity contribution in [2.45, 2.75) is 18.9 Å². The first-order chi connectivity index (χ1) is 11.7. The van der Waals surface area contributed by atoms with E-state index in [1.165, 1.54) is 18.2 Å². The molecule has 0 aromatic heterocycles. The maximum atomic E-state index is 12.5. The number of benzene rings is 2. The van der Waals surface area contributed by atoms with Gasteiger partial charge in [-0.15, -0.1) is 6.58 Å². The minimum absolute atomic E-state index is 0.0312. The largest absolute Gasteiger partial charge is 0.350 e. The van der Waals surface area contributed by atoms with Gasteiger partial charge in [0.05, 0.1) is 0 Å². The average molecular weight is 320 g/mol. The molecule has 3 nitrogen and oxygen atoms in total. The van der Waals surface area contributed by atoms with Crippen LogP contribution in [0.5, 0.6) is 0 Å². The first-order valence-electron chi connectivity index (χ1n) is 8.88. The molecule has 2 bridgehead atoms. The van der Waals surface area contributed by atoms with Gasteiger partial charge in [-0.3, -0.25) is 9.69 Å². The molecule has 1 unspecified atom stereocenters. The zero-order valence-corrected chi connectivity index (χ0v) is 13.9. The second-order valence-corrected chi connectivity index (χ2v) is 7.10. The number of hydrogen-bond acceptors (Lipinski definition) is 2. The fourth-order valence-corrected chi connectivity index (χ4v) is 4.30. The van der Waals surface area contributed by atoms with E-state index < -0.39 is 0 Å². The normalized spacial score (nSPS) is 28.7. The van der Waals surface area contributed by atoms with Gasteiger partial charge in [0.1, 0.15) is 0 Å². The van der Waals surface area contributed by atoms with Gasteiger partial charge < -0.3 is 5.32 Å². The molecule has 24 heavy (non-hydrogen) atoms. The molecule has 3 heteroatoms. The summed E-state index contributed by atoms with van der Waals surface area (Å²) in [6.07, 6.45) is 4.56. The van der Waals surface area contributed by atoms with Crippen molar-refractivity contribution in [2.24, 2.45) is 11.8 Å². The summed E-state index contributed by atoms with van der Waals surface area (Å²) in [7, 11) is 0. The lowest BCUT2D eigenvalue weighted by Gasteiger charge is -2.49. The van der Waals surface area contributed by atoms with E-state index in [9.17, 15) is 4.79 Å². The molecular weight excluding hydrogens is 296 g/mol. The van der Waals surface area contributed by atoms with E-state index in [1.54, 1.807) is 0 Å². The molecule has 1 amide bonds. The van der Waals surface area contributed by atoms with Crippen LogP contribution >= 0.6 is 0 Å². The fraction of sp³-hybridized carbons (Fsp3) is 0.381. The Bertz CT molecular complexity index is 769. The molecule has 124 valence electrons. The van der Waals surface area contributed by atoms with Crippen LogP contribution in [0.3, 0.4) is 0 Å². The molecule has 0 saturated carbocycles. The highest BCUT2D eigenvalue weighted by Crippen LogP contribution is 2.36. The Morgan fingerprint density at radius 3 is 2.83 bits per heavy atom. The Balaban J connectivity index is 1.40. The van der Waals surface area contributed by atoms with Gasteiger partial charge in [-0.25, -0.2) is 0 Å². The summed E-state index contributed by atoms with van der Waals surface area (Å²) in [6, 6.07) is 14.5. The number of rotatable bonds is 4. The van der Waals surface area contributed by atoms with Crippen LogP contribution in [0.1, 0.15) is 23.2 Å². The third-order valence-electron chi connectivity index (χ3n) is 5.74. The first-order valence-corrected chi connectivity index (χ1v) is 8.88. The average Bonchev–Trinajstić information content (AvgIpc) is 2.66. The summed E-state index contributed by atoms with van der Waals surface area (Å²) in [5.41, 5.74) is 0.744. The van der Waals surface area contributed by atoms with Crippen LogP contribution in [-0.4, -0.2) is 36.5 Å². The number of carbonyl (C=O) groups excluding carboxylic acids is 1. The lowest BCUT2D eigenvalue weighted by molar-refractivity contribution is 0.0195. The van der Waals surface area contributed by atoms with Crippen molar-refractivity contribution < 1.29 is 4.79 Å². The van der Waals surface area contributed by atoms with Crippen molar-refractivity contribution in [3.05, 3.63) is 60.7 Å². The molecule has 3 fully saturated rings. The van der Waals surface area contributed by atoms with E-state index in [-0.39, 0.29) is 5.91 Å². The zero-order valence-electron chi connectivity index (χ0n) is 13.9. The van der Waals surface area contributed by atoms with E-state index in [1.807, 2.05) is 36.4 Å². The van der Waals surface area contributed by atoms with Crippen LogP contribution in [0, 0.1) is 11.8 Å². The highest BCUT2D eigenvalue weighted by Gasteiger charge is 2.38. The second kappa shape index (κ2) is 6.40. The molecule has 0 spiro atoms. The van der Waals surface area contributed by atoms with Gasteiger partial charge in [0.2, 0.25) is 0 Å². The standard InChI is InChI=1S/C21H24N2O/c1-2-15-14-23-10-9-18(15)12-20(23)13-22-21(24)19-8-7-16-5-3-4-6-17(16)11-19/h2-8,11,15,18,20H,1,9-10,12-14H2,(H,22,24)/t15-,18-,20+/m0/s1. The van der Waals surface area contributed by atoms with Crippen molar-refractivity contribution in [1.82, 2.24) is 10.2 Å². The zero-order chi connectivity index (χ0) is 16.5. The molecule has 3 aliphatic heterocycles. The van der Waals surface area contributed by atoms with E-state index in [0.29, 0.717) is 12.0 Å². The van der Waals surface area contributed by atoms with Gasteiger partial charge in [0, 0.05) is 24.7 Å². The maximum absolute atomic E-state index is 12.5. The number of hydrogen-bond donors (Lipinski definition) is 1. The molecule has 0 radical (unpaired) electrons. The topological polar surface area (TPSA) is 32.3 Å². The monoisotopic (exact) mass is 320 g/mol. The van der Waals surface area contributed by atoms with Crippen LogP contribution in [-0.2, 0) is 0 Å². The minimum atomic E-state index is 0.0312. The lowest BCUT2D eigenvalue weighted by atomic mass is 9.75.